The van der Waals surface area contributed by atoms with Gasteiger partial charge in [-0.25, -0.2) is 9.37 Å². The molecule has 1 aromatic heterocycles. The molecule has 2 rings (SSSR count). The second-order valence-corrected chi connectivity index (χ2v) is 4.08. The van der Waals surface area contributed by atoms with Crippen LogP contribution in [0.2, 0.25) is 5.15 Å². The van der Waals surface area contributed by atoms with E-state index in [0.717, 1.165) is 18.2 Å². The van der Waals surface area contributed by atoms with Crippen molar-refractivity contribution in [2.45, 2.75) is 0 Å². The first-order valence-corrected chi connectivity index (χ1v) is 5.72. The molecule has 0 saturated carbocycles. The lowest BCUT2D eigenvalue weighted by Crippen LogP contribution is -2.14. The quantitative estimate of drug-likeness (QED) is 0.536. The maximum Gasteiger partial charge on any atom is 0.270 e. The van der Waals surface area contributed by atoms with Crippen LogP contribution in [0.4, 0.5) is 15.8 Å². The molecule has 20 heavy (non-hydrogen) atoms. The molecule has 0 fully saturated rings. The molecule has 0 aliphatic heterocycles. The van der Waals surface area contributed by atoms with Crippen molar-refractivity contribution in [3.05, 3.63) is 63.2 Å². The Balaban J connectivity index is 2.32. The van der Waals surface area contributed by atoms with Crippen molar-refractivity contribution in [2.24, 2.45) is 0 Å². The molecule has 0 bridgehead atoms. The minimum Gasteiger partial charge on any atom is -0.319 e. The Labute approximate surface area is 117 Å². The number of carbonyl (C=O) groups is 1. The van der Waals surface area contributed by atoms with E-state index < -0.39 is 22.2 Å². The molecule has 102 valence electrons. The van der Waals surface area contributed by atoms with Gasteiger partial charge in [0.1, 0.15) is 5.82 Å². The fraction of sp³-hybridized carbons (Fsp3) is 0. The van der Waals surface area contributed by atoms with Gasteiger partial charge in [0.15, 0.2) is 5.15 Å². The zero-order valence-corrected chi connectivity index (χ0v) is 10.6. The van der Waals surface area contributed by atoms with Crippen molar-refractivity contribution < 1.29 is 14.1 Å². The van der Waals surface area contributed by atoms with Gasteiger partial charge in [0, 0.05) is 18.3 Å². The molecule has 2 aromatic rings. The number of rotatable bonds is 3. The molecule has 0 atom stereocenters. The number of nitro benzene ring substituents is 1. The van der Waals surface area contributed by atoms with Crippen LogP contribution < -0.4 is 5.32 Å². The normalized spacial score (nSPS) is 10.1. The van der Waals surface area contributed by atoms with Gasteiger partial charge in [0.2, 0.25) is 0 Å². The molecular formula is C12H7ClFN3O3. The third kappa shape index (κ3) is 2.89. The second kappa shape index (κ2) is 5.62. The summed E-state index contributed by atoms with van der Waals surface area (Å²) in [6, 6.07) is 5.70. The number of nitrogens with zero attached hydrogens (tertiary/aromatic N) is 2. The fourth-order valence-corrected chi connectivity index (χ4v) is 1.64. The number of nitro groups is 1. The van der Waals surface area contributed by atoms with E-state index in [1.807, 2.05) is 0 Å². The van der Waals surface area contributed by atoms with Gasteiger partial charge in [-0.1, -0.05) is 11.6 Å². The lowest BCUT2D eigenvalue weighted by Gasteiger charge is -2.06. The average Bonchev–Trinajstić information content (AvgIpc) is 2.41. The summed E-state index contributed by atoms with van der Waals surface area (Å²) in [5.74, 6) is -1.71. The highest BCUT2D eigenvalue weighted by Crippen LogP contribution is 2.21. The largest absolute Gasteiger partial charge is 0.319 e. The van der Waals surface area contributed by atoms with Gasteiger partial charge < -0.3 is 5.32 Å². The van der Waals surface area contributed by atoms with E-state index in [0.29, 0.717) is 0 Å². The zero-order chi connectivity index (χ0) is 14.7. The first kappa shape index (κ1) is 13.9. The maximum absolute atomic E-state index is 13.6. The molecule has 1 heterocycles. The molecule has 0 spiro atoms. The number of nitrogens with one attached hydrogen (secondary N) is 1. The summed E-state index contributed by atoms with van der Waals surface area (Å²) in [7, 11) is 0. The van der Waals surface area contributed by atoms with E-state index in [4.69, 9.17) is 11.6 Å². The van der Waals surface area contributed by atoms with Crippen molar-refractivity contribution in [2.75, 3.05) is 5.32 Å². The first-order valence-electron chi connectivity index (χ1n) is 5.35. The molecule has 0 aliphatic carbocycles. The fourth-order valence-electron chi connectivity index (χ4n) is 1.47. The van der Waals surface area contributed by atoms with Crippen LogP contribution in [0.1, 0.15) is 10.4 Å². The first-order chi connectivity index (χ1) is 9.49. The van der Waals surface area contributed by atoms with Gasteiger partial charge in [-0.3, -0.25) is 14.9 Å². The van der Waals surface area contributed by atoms with E-state index in [2.05, 4.69) is 10.3 Å². The van der Waals surface area contributed by atoms with Crippen molar-refractivity contribution in [1.29, 1.82) is 0 Å². The molecular weight excluding hydrogens is 289 g/mol. The van der Waals surface area contributed by atoms with Gasteiger partial charge in [-0.05, 0) is 18.2 Å². The Hall–Kier alpha value is -2.54. The predicted octanol–water partition coefficient (Wildman–Crippen LogP) is 3.03. The van der Waals surface area contributed by atoms with Crippen molar-refractivity contribution in [3.63, 3.8) is 0 Å². The third-order valence-corrected chi connectivity index (χ3v) is 2.71. The highest BCUT2D eigenvalue weighted by molar-refractivity contribution is 6.32. The van der Waals surface area contributed by atoms with Gasteiger partial charge in [-0.2, -0.15) is 0 Å². The van der Waals surface area contributed by atoms with Crippen LogP contribution >= 0.6 is 11.6 Å². The number of amides is 1. The summed E-state index contributed by atoms with van der Waals surface area (Å²) < 4.78 is 13.6. The average molecular weight is 296 g/mol. The van der Waals surface area contributed by atoms with Crippen LogP contribution in [0.3, 0.4) is 0 Å². The minimum absolute atomic E-state index is 0.0340. The smallest absolute Gasteiger partial charge is 0.270 e. The monoisotopic (exact) mass is 295 g/mol. The Kier molecular flexibility index (Phi) is 3.90. The molecule has 1 aromatic carbocycles. The SMILES string of the molecule is O=C(Nc1cccnc1Cl)c1cc([N+](=O)[O-])ccc1F. The molecule has 0 saturated heterocycles. The number of halogens is 2. The number of pyridine rings is 1. The summed E-state index contributed by atoms with van der Waals surface area (Å²) in [6.07, 6.45) is 1.42. The summed E-state index contributed by atoms with van der Waals surface area (Å²) in [4.78, 5) is 25.5. The minimum atomic E-state index is -0.867. The highest BCUT2D eigenvalue weighted by atomic mass is 35.5. The predicted molar refractivity (Wildman–Crippen MR) is 70.3 cm³/mol. The number of aromatic nitrogens is 1. The zero-order valence-electron chi connectivity index (χ0n) is 9.84. The lowest BCUT2D eigenvalue weighted by molar-refractivity contribution is -0.384. The number of benzene rings is 1. The molecule has 6 nitrogen and oxygen atoms in total. The van der Waals surface area contributed by atoms with Crippen LogP contribution in [-0.2, 0) is 0 Å². The summed E-state index contributed by atoms with van der Waals surface area (Å²) in [6.45, 7) is 0. The molecule has 0 aliphatic rings. The van der Waals surface area contributed by atoms with Crippen LogP contribution in [0.25, 0.3) is 0 Å². The summed E-state index contributed by atoms with van der Waals surface area (Å²) >= 11 is 5.75. The van der Waals surface area contributed by atoms with Crippen LogP contribution in [-0.4, -0.2) is 15.8 Å². The Morgan fingerprint density at radius 2 is 2.15 bits per heavy atom. The van der Waals surface area contributed by atoms with Gasteiger partial charge >= 0.3 is 0 Å². The molecule has 0 unspecified atom stereocenters. The molecule has 1 N–H and O–H groups in total. The van der Waals surface area contributed by atoms with E-state index in [-0.39, 0.29) is 16.5 Å². The van der Waals surface area contributed by atoms with E-state index >= 15 is 0 Å². The van der Waals surface area contributed by atoms with Gasteiger partial charge in [0.25, 0.3) is 11.6 Å². The maximum atomic E-state index is 13.6. The molecule has 1 amide bonds. The van der Waals surface area contributed by atoms with Crippen molar-refractivity contribution in [3.8, 4) is 0 Å². The van der Waals surface area contributed by atoms with Gasteiger partial charge in [-0.15, -0.1) is 0 Å². The van der Waals surface area contributed by atoms with E-state index in [1.54, 1.807) is 0 Å². The van der Waals surface area contributed by atoms with E-state index in [1.165, 1.54) is 18.3 Å². The standard InChI is InChI=1S/C12H7ClFN3O3/c13-11-10(2-1-5-15-11)16-12(18)8-6-7(17(19)20)3-4-9(8)14/h1-6H,(H,16,18). The summed E-state index contributed by atoms with van der Waals surface area (Å²) in [5.41, 5.74) is -0.641. The van der Waals surface area contributed by atoms with Gasteiger partial charge in [0.05, 0.1) is 16.2 Å². The third-order valence-electron chi connectivity index (χ3n) is 2.41. The highest BCUT2D eigenvalue weighted by Gasteiger charge is 2.17. The Morgan fingerprint density at radius 3 is 2.80 bits per heavy atom. The van der Waals surface area contributed by atoms with Crippen LogP contribution in [0.15, 0.2) is 36.5 Å². The van der Waals surface area contributed by atoms with E-state index in [9.17, 15) is 19.3 Å². The molecule has 0 radical (unpaired) electrons. The molecule has 8 heteroatoms. The number of anilines is 1. The Bertz CT molecular complexity index is 693. The van der Waals surface area contributed by atoms with Crippen molar-refractivity contribution >= 4 is 28.9 Å². The van der Waals surface area contributed by atoms with Crippen molar-refractivity contribution in [1.82, 2.24) is 4.98 Å². The Morgan fingerprint density at radius 1 is 1.40 bits per heavy atom. The summed E-state index contributed by atoms with van der Waals surface area (Å²) in [5, 5.41) is 13.0. The lowest BCUT2D eigenvalue weighted by atomic mass is 10.1. The van der Waals surface area contributed by atoms with Crippen LogP contribution in [0, 0.1) is 15.9 Å². The topological polar surface area (TPSA) is 85.1 Å². The number of hydrogen-bond donors (Lipinski definition) is 1. The number of non-ortho nitro benzene ring substituents is 1. The number of carbonyl (C=O) groups excluding carboxylic acids is 1. The van der Waals surface area contributed by atoms with Crippen LogP contribution in [0.5, 0.6) is 0 Å². The number of hydrogen-bond acceptors (Lipinski definition) is 4. The second-order valence-electron chi connectivity index (χ2n) is 3.72.